The molecule has 0 saturated heterocycles. The Balaban J connectivity index is 1.50. The van der Waals surface area contributed by atoms with Gasteiger partial charge in [-0.05, 0) is 49.1 Å². The third-order valence-corrected chi connectivity index (χ3v) is 6.02. The van der Waals surface area contributed by atoms with E-state index in [1.807, 2.05) is 11.8 Å². The zero-order valence-corrected chi connectivity index (χ0v) is 13.3. The van der Waals surface area contributed by atoms with E-state index < -0.39 is 0 Å². The van der Waals surface area contributed by atoms with E-state index in [2.05, 4.69) is 59.7 Å². The molecule has 110 valence electrons. The zero-order valence-electron chi connectivity index (χ0n) is 12.5. The second-order valence-electron chi connectivity index (χ2n) is 6.29. The van der Waals surface area contributed by atoms with Gasteiger partial charge in [0, 0.05) is 41.5 Å². The maximum atomic E-state index is 3.49. The molecular weight excluding hydrogens is 276 g/mol. The molecule has 1 N–H and O–H groups in total. The smallest absolute Gasteiger partial charge is 0.0361 e. The summed E-state index contributed by atoms with van der Waals surface area (Å²) in [6, 6.07) is 11.7. The van der Waals surface area contributed by atoms with Crippen LogP contribution in [0.2, 0.25) is 0 Å². The van der Waals surface area contributed by atoms with Crippen LogP contribution in [0.4, 0.5) is 0 Å². The van der Waals surface area contributed by atoms with Gasteiger partial charge in [-0.3, -0.25) is 0 Å². The zero-order chi connectivity index (χ0) is 14.2. The minimum atomic E-state index is 0.552. The third kappa shape index (κ3) is 2.65. The Morgan fingerprint density at radius 2 is 2.14 bits per heavy atom. The first-order valence-electron chi connectivity index (χ1n) is 7.90. The van der Waals surface area contributed by atoms with Gasteiger partial charge in [-0.2, -0.15) is 0 Å². The van der Waals surface area contributed by atoms with Crippen molar-refractivity contribution in [1.82, 2.24) is 9.88 Å². The number of nitrogens with zero attached hydrogens (tertiary/aromatic N) is 1. The van der Waals surface area contributed by atoms with E-state index in [-0.39, 0.29) is 0 Å². The quantitative estimate of drug-likeness (QED) is 0.897. The van der Waals surface area contributed by atoms with Crippen LogP contribution in [0.1, 0.15) is 35.9 Å². The molecule has 4 rings (SSSR count). The molecule has 2 atom stereocenters. The highest BCUT2D eigenvalue weighted by Crippen LogP contribution is 2.42. The Kier molecular flexibility index (Phi) is 3.56. The van der Waals surface area contributed by atoms with Gasteiger partial charge in [-0.15, -0.1) is 11.8 Å². The standard InChI is InChI=1S/C18H22N2S/c1-19-18(13-6-7-13)14-8-9-20(10-14)11-15-12-21-17-5-3-2-4-16(15)17/h2-5,8-10,13,15,18-19H,6-7,11-12H2,1H3. The molecule has 1 aliphatic carbocycles. The summed E-state index contributed by atoms with van der Waals surface area (Å²) < 4.78 is 2.38. The molecule has 1 aromatic heterocycles. The molecule has 2 nitrogen and oxygen atoms in total. The Hall–Kier alpha value is -1.19. The number of hydrogen-bond donors (Lipinski definition) is 1. The molecular formula is C18H22N2S. The highest BCUT2D eigenvalue weighted by atomic mass is 32.2. The van der Waals surface area contributed by atoms with Gasteiger partial charge >= 0.3 is 0 Å². The number of thioether (sulfide) groups is 1. The third-order valence-electron chi connectivity index (χ3n) is 4.77. The predicted molar refractivity (Wildman–Crippen MR) is 88.9 cm³/mol. The Bertz CT molecular complexity index is 630. The van der Waals surface area contributed by atoms with Gasteiger partial charge in [0.05, 0.1) is 0 Å². The summed E-state index contributed by atoms with van der Waals surface area (Å²) in [5.74, 6) is 2.72. The van der Waals surface area contributed by atoms with Gasteiger partial charge in [0.2, 0.25) is 0 Å². The van der Waals surface area contributed by atoms with Crippen LogP contribution in [0.3, 0.4) is 0 Å². The van der Waals surface area contributed by atoms with E-state index in [4.69, 9.17) is 0 Å². The number of benzene rings is 1. The average molecular weight is 298 g/mol. The second-order valence-corrected chi connectivity index (χ2v) is 7.35. The molecule has 0 spiro atoms. The summed E-state index contributed by atoms with van der Waals surface area (Å²) in [4.78, 5) is 1.47. The monoisotopic (exact) mass is 298 g/mol. The van der Waals surface area contributed by atoms with Crippen molar-refractivity contribution >= 4 is 11.8 Å². The molecule has 1 aromatic carbocycles. The lowest BCUT2D eigenvalue weighted by Crippen LogP contribution is -2.17. The van der Waals surface area contributed by atoms with Crippen LogP contribution >= 0.6 is 11.8 Å². The molecule has 0 radical (unpaired) electrons. The molecule has 1 fully saturated rings. The van der Waals surface area contributed by atoms with Gasteiger partial charge < -0.3 is 9.88 Å². The van der Waals surface area contributed by atoms with E-state index in [9.17, 15) is 0 Å². The van der Waals surface area contributed by atoms with Crippen LogP contribution in [0.5, 0.6) is 0 Å². The molecule has 3 heteroatoms. The van der Waals surface area contributed by atoms with Crippen molar-refractivity contribution in [2.24, 2.45) is 5.92 Å². The summed E-state index contributed by atoms with van der Waals surface area (Å²) in [7, 11) is 2.09. The summed E-state index contributed by atoms with van der Waals surface area (Å²) >= 11 is 2.00. The van der Waals surface area contributed by atoms with Crippen LogP contribution in [0, 0.1) is 5.92 Å². The lowest BCUT2D eigenvalue weighted by Gasteiger charge is -2.14. The molecule has 0 bridgehead atoms. The lowest BCUT2D eigenvalue weighted by molar-refractivity contribution is 0.525. The first kappa shape index (κ1) is 13.5. The van der Waals surface area contributed by atoms with Gasteiger partial charge in [-0.25, -0.2) is 0 Å². The van der Waals surface area contributed by atoms with Crippen LogP contribution in [-0.4, -0.2) is 17.4 Å². The normalized spacial score (nSPS) is 22.2. The molecule has 21 heavy (non-hydrogen) atoms. The topological polar surface area (TPSA) is 17.0 Å². The summed E-state index contributed by atoms with van der Waals surface area (Å²) in [5, 5.41) is 3.49. The van der Waals surface area contributed by atoms with Crippen molar-refractivity contribution < 1.29 is 0 Å². The largest absolute Gasteiger partial charge is 0.353 e. The fraction of sp³-hybridized carbons (Fsp3) is 0.444. The van der Waals surface area contributed by atoms with E-state index in [0.29, 0.717) is 12.0 Å². The summed E-state index contributed by atoms with van der Waals surface area (Å²) in [6.45, 7) is 1.10. The minimum Gasteiger partial charge on any atom is -0.353 e. The summed E-state index contributed by atoms with van der Waals surface area (Å²) in [6.07, 6.45) is 7.37. The van der Waals surface area contributed by atoms with E-state index in [1.165, 1.54) is 34.6 Å². The van der Waals surface area contributed by atoms with Crippen molar-refractivity contribution in [3.05, 3.63) is 53.9 Å². The maximum absolute atomic E-state index is 3.49. The number of rotatable bonds is 5. The Morgan fingerprint density at radius 3 is 2.95 bits per heavy atom. The van der Waals surface area contributed by atoms with Crippen LogP contribution < -0.4 is 5.32 Å². The minimum absolute atomic E-state index is 0.552. The first-order chi connectivity index (χ1) is 10.3. The molecule has 2 aliphatic rings. The SMILES string of the molecule is CNC(c1ccn(CC2CSc3ccccc32)c1)C1CC1. The number of fused-ring (bicyclic) bond motifs is 1. The van der Waals surface area contributed by atoms with Crippen LogP contribution in [0.15, 0.2) is 47.6 Å². The van der Waals surface area contributed by atoms with Crippen LogP contribution in [0.25, 0.3) is 0 Å². The molecule has 2 aromatic rings. The van der Waals surface area contributed by atoms with E-state index >= 15 is 0 Å². The number of nitrogens with one attached hydrogen (secondary N) is 1. The number of aromatic nitrogens is 1. The van der Waals surface area contributed by atoms with Crippen molar-refractivity contribution in [3.8, 4) is 0 Å². The fourth-order valence-corrected chi connectivity index (χ4v) is 4.74. The number of hydrogen-bond acceptors (Lipinski definition) is 2. The molecule has 2 heterocycles. The van der Waals surface area contributed by atoms with Crippen molar-refractivity contribution in [3.63, 3.8) is 0 Å². The Morgan fingerprint density at radius 1 is 1.29 bits per heavy atom. The predicted octanol–water partition coefficient (Wildman–Crippen LogP) is 4.05. The maximum Gasteiger partial charge on any atom is 0.0361 e. The van der Waals surface area contributed by atoms with Gasteiger partial charge in [0.1, 0.15) is 0 Å². The van der Waals surface area contributed by atoms with Crippen molar-refractivity contribution in [2.45, 2.75) is 36.2 Å². The fourth-order valence-electron chi connectivity index (χ4n) is 3.50. The molecule has 1 aliphatic heterocycles. The second kappa shape index (κ2) is 5.54. The molecule has 0 amide bonds. The van der Waals surface area contributed by atoms with Gasteiger partial charge in [0.15, 0.2) is 0 Å². The highest BCUT2D eigenvalue weighted by Gasteiger charge is 2.31. The van der Waals surface area contributed by atoms with Gasteiger partial charge in [-0.1, -0.05) is 18.2 Å². The van der Waals surface area contributed by atoms with Crippen molar-refractivity contribution in [2.75, 3.05) is 12.8 Å². The Labute approximate surface area is 130 Å². The average Bonchev–Trinajstić information content (AvgIpc) is 3.10. The molecule has 2 unspecified atom stereocenters. The summed E-state index contributed by atoms with van der Waals surface area (Å²) in [5.41, 5.74) is 2.99. The molecule has 1 saturated carbocycles. The van der Waals surface area contributed by atoms with E-state index in [1.54, 1.807) is 0 Å². The van der Waals surface area contributed by atoms with Crippen LogP contribution in [-0.2, 0) is 6.54 Å². The van der Waals surface area contributed by atoms with Gasteiger partial charge in [0.25, 0.3) is 0 Å². The van der Waals surface area contributed by atoms with E-state index in [0.717, 1.165) is 12.5 Å². The highest BCUT2D eigenvalue weighted by molar-refractivity contribution is 7.99. The van der Waals surface area contributed by atoms with Crippen molar-refractivity contribution in [1.29, 1.82) is 0 Å². The lowest BCUT2D eigenvalue weighted by atomic mass is 10.0. The first-order valence-corrected chi connectivity index (χ1v) is 8.88.